The fraction of sp³-hybridized carbons (Fsp3) is 0.500. The predicted octanol–water partition coefficient (Wildman–Crippen LogP) is 4.41. The summed E-state index contributed by atoms with van der Waals surface area (Å²) in [5, 5.41) is 3.45. The first-order chi connectivity index (χ1) is 15.3. The van der Waals surface area contributed by atoms with Crippen LogP contribution in [0, 0.1) is 11.7 Å². The molecule has 0 bridgehead atoms. The second-order valence-corrected chi connectivity index (χ2v) is 9.53. The summed E-state index contributed by atoms with van der Waals surface area (Å²) in [5.41, 5.74) is 5.30. The van der Waals surface area contributed by atoms with E-state index in [0.29, 0.717) is 12.5 Å². The third-order valence-electron chi connectivity index (χ3n) is 7.71. The molecule has 31 heavy (non-hydrogen) atoms. The summed E-state index contributed by atoms with van der Waals surface area (Å²) in [4.78, 5) is 7.34. The van der Waals surface area contributed by atoms with E-state index in [2.05, 4.69) is 28.4 Å². The van der Waals surface area contributed by atoms with E-state index < -0.39 is 0 Å². The molecule has 0 amide bonds. The van der Waals surface area contributed by atoms with Crippen molar-refractivity contribution in [1.82, 2.24) is 10.2 Å². The average Bonchev–Trinajstić information content (AvgIpc) is 3.44. The van der Waals surface area contributed by atoms with Crippen molar-refractivity contribution in [1.29, 1.82) is 0 Å². The lowest BCUT2D eigenvalue weighted by molar-refractivity contribution is 0.215. The lowest BCUT2D eigenvalue weighted by atomic mass is 9.78. The Morgan fingerprint density at radius 2 is 1.87 bits per heavy atom. The second-order valence-electron chi connectivity index (χ2n) is 9.53. The average molecular weight is 420 g/mol. The maximum absolute atomic E-state index is 13.7. The van der Waals surface area contributed by atoms with Crippen molar-refractivity contribution >= 4 is 6.02 Å². The molecule has 3 heterocycles. The first-order valence-corrected chi connectivity index (χ1v) is 11.8. The Morgan fingerprint density at radius 3 is 2.61 bits per heavy atom. The second kappa shape index (κ2) is 7.94. The molecule has 2 aromatic carbocycles. The molecule has 4 nitrogen and oxygen atoms in total. The van der Waals surface area contributed by atoms with Crippen LogP contribution in [0.5, 0.6) is 0 Å². The summed E-state index contributed by atoms with van der Waals surface area (Å²) in [7, 11) is 0. The standard InChI is InChI=1S/C26H30FN3O/c27-22-7-4-18(5-8-22)25-23-9-6-19(17-2-1-3-17)14-20(23)11-13-30(25)26-29-24(16-31-26)21-10-12-28-15-21/h4-9,14,17,21,24-25,28H,1-3,10-13,15-16H2/t21-,24+,25-/m0/s1. The Kier molecular flexibility index (Phi) is 4.94. The number of halogens is 1. The number of ether oxygens (including phenoxy) is 1. The van der Waals surface area contributed by atoms with E-state index in [1.165, 1.54) is 42.4 Å². The molecule has 0 radical (unpaired) electrons. The number of benzene rings is 2. The van der Waals surface area contributed by atoms with E-state index in [-0.39, 0.29) is 17.9 Å². The molecule has 1 aliphatic carbocycles. The lowest BCUT2D eigenvalue weighted by Gasteiger charge is -2.39. The van der Waals surface area contributed by atoms with Crippen LogP contribution in [-0.2, 0) is 11.2 Å². The molecule has 3 atom stereocenters. The molecule has 2 aromatic rings. The zero-order chi connectivity index (χ0) is 20.8. The Bertz CT molecular complexity index is 979. The fourth-order valence-corrected chi connectivity index (χ4v) is 5.63. The van der Waals surface area contributed by atoms with Crippen molar-refractivity contribution < 1.29 is 9.13 Å². The number of hydrogen-bond donors (Lipinski definition) is 1. The normalized spacial score (nSPS) is 28.1. The predicted molar refractivity (Wildman–Crippen MR) is 120 cm³/mol. The van der Waals surface area contributed by atoms with Crippen LogP contribution in [0.2, 0.25) is 0 Å². The Balaban J connectivity index is 1.36. The van der Waals surface area contributed by atoms with Gasteiger partial charge in [0.2, 0.25) is 0 Å². The lowest BCUT2D eigenvalue weighted by Crippen LogP contribution is -2.41. The number of nitrogens with one attached hydrogen (secondary N) is 1. The van der Waals surface area contributed by atoms with Gasteiger partial charge in [0.15, 0.2) is 0 Å². The molecule has 1 saturated carbocycles. The Hall–Kier alpha value is -2.40. The Morgan fingerprint density at radius 1 is 1.03 bits per heavy atom. The zero-order valence-corrected chi connectivity index (χ0v) is 17.9. The third kappa shape index (κ3) is 3.53. The molecular formula is C26H30FN3O. The van der Waals surface area contributed by atoms with Crippen LogP contribution in [0.25, 0.3) is 0 Å². The van der Waals surface area contributed by atoms with Gasteiger partial charge < -0.3 is 15.0 Å². The van der Waals surface area contributed by atoms with Gasteiger partial charge in [-0.05, 0) is 78.5 Å². The highest BCUT2D eigenvalue weighted by Crippen LogP contribution is 2.41. The molecule has 1 saturated heterocycles. The molecule has 2 fully saturated rings. The van der Waals surface area contributed by atoms with Crippen LogP contribution in [0.15, 0.2) is 47.5 Å². The maximum Gasteiger partial charge on any atom is 0.288 e. The molecule has 162 valence electrons. The molecule has 6 rings (SSSR count). The highest BCUT2D eigenvalue weighted by Gasteiger charge is 2.37. The minimum atomic E-state index is -0.199. The molecule has 0 spiro atoms. The zero-order valence-electron chi connectivity index (χ0n) is 17.9. The SMILES string of the molecule is Fc1ccc([C@H]2c3ccc(C4CCC4)cc3CCN2C2=N[C@@H]([C@H]3CCNC3)CO2)cc1. The molecule has 0 unspecified atom stereocenters. The van der Waals surface area contributed by atoms with Crippen LogP contribution in [0.1, 0.15) is 59.9 Å². The monoisotopic (exact) mass is 419 g/mol. The van der Waals surface area contributed by atoms with Gasteiger partial charge in [-0.1, -0.05) is 36.8 Å². The first-order valence-electron chi connectivity index (χ1n) is 11.8. The molecule has 0 aromatic heterocycles. The van der Waals surface area contributed by atoms with Crippen molar-refractivity contribution in [2.75, 3.05) is 26.2 Å². The number of amidine groups is 1. The van der Waals surface area contributed by atoms with Gasteiger partial charge in [0, 0.05) is 13.1 Å². The summed E-state index contributed by atoms with van der Waals surface area (Å²) < 4.78 is 19.9. The molecular weight excluding hydrogens is 389 g/mol. The van der Waals surface area contributed by atoms with Gasteiger partial charge in [0.25, 0.3) is 6.02 Å². The number of rotatable bonds is 3. The van der Waals surface area contributed by atoms with Gasteiger partial charge in [-0.25, -0.2) is 9.38 Å². The van der Waals surface area contributed by atoms with Crippen molar-refractivity contribution in [3.05, 3.63) is 70.5 Å². The summed E-state index contributed by atoms with van der Waals surface area (Å²) in [6.45, 7) is 3.64. The van der Waals surface area contributed by atoms with Crippen molar-refractivity contribution in [3.8, 4) is 0 Å². The maximum atomic E-state index is 13.7. The minimum Gasteiger partial charge on any atom is -0.463 e. The molecule has 1 N–H and O–H groups in total. The Labute approximate surface area is 183 Å². The van der Waals surface area contributed by atoms with Gasteiger partial charge in [-0.3, -0.25) is 0 Å². The number of hydrogen-bond acceptors (Lipinski definition) is 4. The molecule has 5 heteroatoms. The molecule has 3 aliphatic heterocycles. The summed E-state index contributed by atoms with van der Waals surface area (Å²) >= 11 is 0. The van der Waals surface area contributed by atoms with Crippen molar-refractivity contribution in [2.45, 2.75) is 50.1 Å². The number of fused-ring (bicyclic) bond motifs is 1. The van der Waals surface area contributed by atoms with Crippen LogP contribution < -0.4 is 5.32 Å². The summed E-state index contributed by atoms with van der Waals surface area (Å²) in [6.07, 6.45) is 6.13. The van der Waals surface area contributed by atoms with Gasteiger partial charge in [-0.15, -0.1) is 0 Å². The largest absolute Gasteiger partial charge is 0.463 e. The van der Waals surface area contributed by atoms with Gasteiger partial charge in [0.1, 0.15) is 12.4 Å². The van der Waals surface area contributed by atoms with Crippen LogP contribution >= 0.6 is 0 Å². The van der Waals surface area contributed by atoms with Gasteiger partial charge in [-0.2, -0.15) is 0 Å². The topological polar surface area (TPSA) is 36.9 Å². The molecule has 4 aliphatic rings. The van der Waals surface area contributed by atoms with E-state index in [9.17, 15) is 4.39 Å². The highest BCUT2D eigenvalue weighted by atomic mass is 19.1. The van der Waals surface area contributed by atoms with Gasteiger partial charge in [0.05, 0.1) is 12.1 Å². The van der Waals surface area contributed by atoms with Crippen molar-refractivity contribution in [2.24, 2.45) is 10.9 Å². The number of nitrogens with zero attached hydrogens (tertiary/aromatic N) is 2. The van der Waals surface area contributed by atoms with Crippen LogP contribution in [-0.4, -0.2) is 43.2 Å². The van der Waals surface area contributed by atoms with E-state index in [4.69, 9.17) is 9.73 Å². The number of aliphatic imine (C=N–C) groups is 1. The smallest absolute Gasteiger partial charge is 0.288 e. The first kappa shape index (κ1) is 19.3. The van der Waals surface area contributed by atoms with Crippen molar-refractivity contribution in [3.63, 3.8) is 0 Å². The van der Waals surface area contributed by atoms with E-state index in [0.717, 1.165) is 43.6 Å². The van der Waals surface area contributed by atoms with Gasteiger partial charge >= 0.3 is 0 Å². The van der Waals surface area contributed by atoms with E-state index >= 15 is 0 Å². The van der Waals surface area contributed by atoms with Crippen LogP contribution in [0.4, 0.5) is 4.39 Å². The fourth-order valence-electron chi connectivity index (χ4n) is 5.63. The third-order valence-corrected chi connectivity index (χ3v) is 7.71. The summed E-state index contributed by atoms with van der Waals surface area (Å²) in [5.74, 6) is 1.09. The van der Waals surface area contributed by atoms with Crippen LogP contribution in [0.3, 0.4) is 0 Å². The highest BCUT2D eigenvalue weighted by molar-refractivity contribution is 5.77. The quantitative estimate of drug-likeness (QED) is 0.801. The van der Waals surface area contributed by atoms with E-state index in [1.807, 2.05) is 12.1 Å². The minimum absolute atomic E-state index is 0.0130. The summed E-state index contributed by atoms with van der Waals surface area (Å²) in [6, 6.07) is 15.0. The van der Waals surface area contributed by atoms with E-state index in [1.54, 1.807) is 12.1 Å².